The number of alkyl halides is 3. The Morgan fingerprint density at radius 2 is 1.70 bits per heavy atom. The van der Waals surface area contributed by atoms with Crippen molar-refractivity contribution >= 4 is 35.0 Å². The summed E-state index contributed by atoms with van der Waals surface area (Å²) in [5, 5.41) is 0.662. The Kier molecular flexibility index (Phi) is 11.3. The maximum atomic E-state index is 13.2. The molecule has 2 heterocycles. The van der Waals surface area contributed by atoms with E-state index in [0.29, 0.717) is 60.4 Å². The zero-order valence-electron chi connectivity index (χ0n) is 26.4. The summed E-state index contributed by atoms with van der Waals surface area (Å²) in [5.74, 6) is 0.806. The molecule has 0 spiro atoms. The summed E-state index contributed by atoms with van der Waals surface area (Å²) >= 11 is 3.10. The van der Waals surface area contributed by atoms with Gasteiger partial charge in [0, 0.05) is 59.4 Å². The van der Waals surface area contributed by atoms with Gasteiger partial charge in [0.05, 0.1) is 17.9 Å². The third-order valence-corrected chi connectivity index (χ3v) is 10.1. The van der Waals surface area contributed by atoms with E-state index in [1.807, 2.05) is 60.4 Å². The number of amides is 1. The molecule has 7 nitrogen and oxygen atoms in total. The average Bonchev–Trinajstić information content (AvgIpc) is 3.47. The van der Waals surface area contributed by atoms with Crippen LogP contribution in [0.25, 0.3) is 10.6 Å². The maximum Gasteiger partial charge on any atom is 0.416 e. The van der Waals surface area contributed by atoms with Crippen molar-refractivity contribution in [2.75, 3.05) is 32.8 Å². The number of ether oxygens (including phenoxy) is 2. The first-order valence-electron chi connectivity index (χ1n) is 15.3. The molecular weight excluding hydrogens is 648 g/mol. The van der Waals surface area contributed by atoms with Crippen molar-refractivity contribution in [2.24, 2.45) is 0 Å². The van der Waals surface area contributed by atoms with Crippen LogP contribution in [0.4, 0.5) is 13.2 Å². The molecule has 248 valence electrons. The summed E-state index contributed by atoms with van der Waals surface area (Å²) in [6, 6.07) is 20.1. The number of hydrogen-bond acceptors (Lipinski definition) is 8. The molecule has 1 fully saturated rings. The van der Waals surface area contributed by atoms with E-state index in [0.717, 1.165) is 33.2 Å². The van der Waals surface area contributed by atoms with Gasteiger partial charge in [-0.1, -0.05) is 30.3 Å². The second-order valence-electron chi connectivity index (χ2n) is 11.1. The first-order valence-corrected chi connectivity index (χ1v) is 17.1. The summed E-state index contributed by atoms with van der Waals surface area (Å²) in [7, 11) is 0. The first kappa shape index (κ1) is 34.5. The van der Waals surface area contributed by atoms with Crippen LogP contribution in [0.2, 0.25) is 0 Å². The Morgan fingerprint density at radius 3 is 2.34 bits per heavy atom. The highest BCUT2D eigenvalue weighted by atomic mass is 32.2. The Balaban J connectivity index is 1.30. The fourth-order valence-corrected chi connectivity index (χ4v) is 7.29. The molecule has 12 heteroatoms. The molecule has 3 aromatic carbocycles. The summed E-state index contributed by atoms with van der Waals surface area (Å²) in [5.41, 5.74) is 2.36. The Morgan fingerprint density at radius 1 is 1.00 bits per heavy atom. The van der Waals surface area contributed by atoms with Crippen molar-refractivity contribution in [3.8, 4) is 16.3 Å². The van der Waals surface area contributed by atoms with Crippen molar-refractivity contribution in [1.82, 2.24) is 14.8 Å². The number of rotatable bonds is 11. The van der Waals surface area contributed by atoms with Gasteiger partial charge in [-0.15, -0.1) is 23.1 Å². The molecule has 5 rings (SSSR count). The third-order valence-electron chi connectivity index (χ3n) is 7.73. The van der Waals surface area contributed by atoms with Crippen LogP contribution in [-0.4, -0.2) is 65.6 Å². The number of carbonyl (C=O) groups excluding carboxylic acids is 2. The molecule has 4 aromatic rings. The number of piperazine rings is 1. The Hall–Kier alpha value is -3.87. The van der Waals surface area contributed by atoms with Gasteiger partial charge in [0.1, 0.15) is 10.8 Å². The summed E-state index contributed by atoms with van der Waals surface area (Å²) in [6.45, 7) is 8.72. The van der Waals surface area contributed by atoms with Crippen LogP contribution >= 0.6 is 23.1 Å². The van der Waals surface area contributed by atoms with Crippen LogP contribution in [0.1, 0.15) is 45.9 Å². The van der Waals surface area contributed by atoms with Gasteiger partial charge in [-0.3, -0.25) is 9.69 Å². The summed E-state index contributed by atoms with van der Waals surface area (Å²) in [6.07, 6.45) is -5.14. The van der Waals surface area contributed by atoms with Crippen molar-refractivity contribution in [1.29, 1.82) is 0 Å². The van der Waals surface area contributed by atoms with Crippen LogP contribution in [0.5, 0.6) is 5.75 Å². The minimum atomic E-state index is -4.41. The zero-order valence-corrected chi connectivity index (χ0v) is 28.0. The lowest BCUT2D eigenvalue weighted by Crippen LogP contribution is -2.48. The van der Waals surface area contributed by atoms with E-state index in [1.165, 1.54) is 23.5 Å². The van der Waals surface area contributed by atoms with Gasteiger partial charge in [0.15, 0.2) is 6.10 Å². The molecule has 0 aliphatic carbocycles. The Labute approximate surface area is 280 Å². The molecule has 1 amide bonds. The molecule has 0 N–H and O–H groups in total. The number of carbonyl (C=O) groups is 2. The first-order chi connectivity index (χ1) is 22.5. The van der Waals surface area contributed by atoms with Crippen molar-refractivity contribution in [3.05, 3.63) is 100 Å². The van der Waals surface area contributed by atoms with Gasteiger partial charge in [0.25, 0.3) is 5.91 Å². The monoisotopic (exact) mass is 683 g/mol. The fourth-order valence-electron chi connectivity index (χ4n) is 5.12. The molecule has 1 aliphatic heterocycles. The van der Waals surface area contributed by atoms with E-state index < -0.39 is 23.8 Å². The van der Waals surface area contributed by atoms with E-state index in [1.54, 1.807) is 25.6 Å². The summed E-state index contributed by atoms with van der Waals surface area (Å²) < 4.78 is 50.4. The lowest BCUT2D eigenvalue weighted by molar-refractivity contribution is -0.150. The van der Waals surface area contributed by atoms with Crippen molar-refractivity contribution in [3.63, 3.8) is 0 Å². The molecule has 1 atom stereocenters. The molecule has 1 aliphatic rings. The van der Waals surface area contributed by atoms with E-state index in [-0.39, 0.29) is 12.5 Å². The number of nitrogens with zero attached hydrogens (tertiary/aromatic N) is 3. The highest BCUT2D eigenvalue weighted by Gasteiger charge is 2.30. The van der Waals surface area contributed by atoms with Crippen LogP contribution < -0.4 is 4.74 Å². The average molecular weight is 684 g/mol. The highest BCUT2D eigenvalue weighted by molar-refractivity contribution is 7.98. The van der Waals surface area contributed by atoms with Gasteiger partial charge in [0.2, 0.25) is 0 Å². The van der Waals surface area contributed by atoms with Gasteiger partial charge in [-0.2, -0.15) is 13.2 Å². The number of thioether (sulfide) groups is 1. The van der Waals surface area contributed by atoms with Gasteiger partial charge < -0.3 is 14.4 Å². The zero-order chi connectivity index (χ0) is 33.6. The van der Waals surface area contributed by atoms with Gasteiger partial charge in [-0.05, 0) is 68.8 Å². The molecule has 1 saturated heterocycles. The number of aryl methyl sites for hydroxylation is 1. The minimum Gasteiger partial charge on any atom is -0.479 e. The van der Waals surface area contributed by atoms with Crippen LogP contribution in [0.15, 0.2) is 77.7 Å². The van der Waals surface area contributed by atoms with Gasteiger partial charge >= 0.3 is 12.1 Å². The normalized spacial score (nSPS) is 14.6. The SMILES string of the molecule is CCOC(=O)C(C)Oc1ccc(SCc2sc(-c3ccc(C(F)(F)F)cc3)nc2CN2CCN(C(=O)c3ccccc3)CC2)cc1C. The number of aromatic nitrogens is 1. The smallest absolute Gasteiger partial charge is 0.416 e. The largest absolute Gasteiger partial charge is 0.479 e. The third kappa shape index (κ3) is 8.94. The predicted octanol–water partition coefficient (Wildman–Crippen LogP) is 7.72. The molecule has 0 radical (unpaired) electrons. The lowest BCUT2D eigenvalue weighted by atomic mass is 10.1. The summed E-state index contributed by atoms with van der Waals surface area (Å²) in [4.78, 5) is 36.0. The van der Waals surface area contributed by atoms with Gasteiger partial charge in [-0.25, -0.2) is 9.78 Å². The molecule has 0 bridgehead atoms. The van der Waals surface area contributed by atoms with Crippen LogP contribution in [0, 0.1) is 6.92 Å². The Bertz CT molecular complexity index is 1670. The topological polar surface area (TPSA) is 72.0 Å². The van der Waals surface area contributed by atoms with Crippen molar-refractivity contribution in [2.45, 2.75) is 50.2 Å². The lowest BCUT2D eigenvalue weighted by Gasteiger charge is -2.34. The number of thiazole rings is 1. The minimum absolute atomic E-state index is 0.0163. The number of benzene rings is 3. The van der Waals surface area contributed by atoms with Crippen molar-refractivity contribution < 1.29 is 32.2 Å². The predicted molar refractivity (Wildman–Crippen MR) is 178 cm³/mol. The van der Waals surface area contributed by atoms with E-state index >= 15 is 0 Å². The second kappa shape index (κ2) is 15.4. The number of halogens is 3. The van der Waals surface area contributed by atoms with E-state index in [2.05, 4.69) is 4.90 Å². The standard InChI is InChI=1S/C35H36F3N3O4S2/c1-4-44-34(43)24(3)45-30-15-14-28(20-23(30)2)46-22-31-29(39-32(47-31)25-10-12-27(13-11-25)35(36,37)38)21-40-16-18-41(19-17-40)33(42)26-8-6-5-7-9-26/h5-15,20,24H,4,16-19,21-22H2,1-3H3. The van der Waals surface area contributed by atoms with Crippen LogP contribution in [-0.2, 0) is 28.0 Å². The van der Waals surface area contributed by atoms with Crippen LogP contribution in [0.3, 0.4) is 0 Å². The van der Waals surface area contributed by atoms with E-state index in [9.17, 15) is 22.8 Å². The molecule has 47 heavy (non-hydrogen) atoms. The number of hydrogen-bond donors (Lipinski definition) is 0. The highest BCUT2D eigenvalue weighted by Crippen LogP contribution is 2.36. The fraction of sp³-hybridized carbons (Fsp3) is 0.343. The molecule has 1 unspecified atom stereocenters. The molecule has 0 saturated carbocycles. The molecule has 1 aromatic heterocycles. The van der Waals surface area contributed by atoms with E-state index in [4.69, 9.17) is 14.5 Å². The quantitative estimate of drug-likeness (QED) is 0.118. The molecular formula is C35H36F3N3O4S2. The number of esters is 1. The maximum absolute atomic E-state index is 13.2. The second-order valence-corrected chi connectivity index (χ2v) is 13.3.